The van der Waals surface area contributed by atoms with Gasteiger partial charge in [0.2, 0.25) is 0 Å². The maximum Gasteiger partial charge on any atom is 0.0159 e. The third-order valence-electron chi connectivity index (χ3n) is 9.64. The van der Waals surface area contributed by atoms with Gasteiger partial charge in [-0.05, 0) is 127 Å². The number of fused-ring (bicyclic) bond motifs is 5. The van der Waals surface area contributed by atoms with E-state index in [1.54, 1.807) is 11.1 Å². The molecule has 0 saturated heterocycles. The molecule has 0 bridgehead atoms. The fourth-order valence-electron chi connectivity index (χ4n) is 7.26. The van der Waals surface area contributed by atoms with Crippen molar-refractivity contribution in [1.29, 1.82) is 0 Å². The Hall–Kier alpha value is -4.42. The number of rotatable bonds is 3. The molecule has 2 aliphatic rings. The minimum Gasteiger partial charge on any atom is -0.0616 e. The van der Waals surface area contributed by atoms with Crippen molar-refractivity contribution >= 4 is 10.8 Å². The molecule has 0 unspecified atom stereocenters. The highest BCUT2D eigenvalue weighted by Gasteiger charge is 2.36. The number of benzene rings is 6. The second kappa shape index (κ2) is 9.32. The number of hydrogen-bond donors (Lipinski definition) is 0. The van der Waals surface area contributed by atoms with E-state index in [1.165, 1.54) is 92.1 Å². The molecule has 198 valence electrons. The van der Waals surface area contributed by atoms with Crippen LogP contribution in [0.2, 0.25) is 0 Å². The van der Waals surface area contributed by atoms with Gasteiger partial charge in [0.05, 0.1) is 0 Å². The third kappa shape index (κ3) is 4.05. The molecule has 0 atom stereocenters. The predicted molar refractivity (Wildman–Crippen MR) is 174 cm³/mol. The molecule has 41 heavy (non-hydrogen) atoms. The van der Waals surface area contributed by atoms with Crippen LogP contribution in [0.4, 0.5) is 0 Å². The normalized spacial score (nSPS) is 14.9. The second-order valence-corrected chi connectivity index (χ2v) is 12.5. The zero-order valence-electron chi connectivity index (χ0n) is 23.9. The summed E-state index contributed by atoms with van der Waals surface area (Å²) in [7, 11) is 0. The molecular formula is C41H34. The van der Waals surface area contributed by atoms with Gasteiger partial charge in [-0.15, -0.1) is 0 Å². The summed E-state index contributed by atoms with van der Waals surface area (Å²) in [6.07, 6.45) is 5.09. The van der Waals surface area contributed by atoms with Crippen molar-refractivity contribution in [2.45, 2.75) is 44.9 Å². The van der Waals surface area contributed by atoms with E-state index in [4.69, 9.17) is 0 Å². The molecule has 0 saturated carbocycles. The summed E-state index contributed by atoms with van der Waals surface area (Å²) < 4.78 is 0. The zero-order valence-corrected chi connectivity index (χ0v) is 23.9. The quantitative estimate of drug-likeness (QED) is 0.215. The van der Waals surface area contributed by atoms with Crippen LogP contribution in [-0.2, 0) is 18.3 Å². The maximum absolute atomic E-state index is 2.46. The molecule has 0 nitrogen and oxygen atoms in total. The van der Waals surface area contributed by atoms with Gasteiger partial charge in [-0.1, -0.05) is 111 Å². The Morgan fingerprint density at radius 3 is 1.66 bits per heavy atom. The van der Waals surface area contributed by atoms with E-state index in [1.807, 2.05) is 0 Å². The van der Waals surface area contributed by atoms with Crippen LogP contribution in [0.5, 0.6) is 0 Å². The van der Waals surface area contributed by atoms with Crippen molar-refractivity contribution in [2.24, 2.45) is 0 Å². The SMILES string of the molecule is CC1(C)c2cc(-c3cccc(-c4ccc5ccccc5c4)c3)ccc2-c2ccc(-c3ccc4c(c3)CCCC4)cc21. The van der Waals surface area contributed by atoms with Gasteiger partial charge in [-0.25, -0.2) is 0 Å². The van der Waals surface area contributed by atoms with Crippen LogP contribution in [0.3, 0.4) is 0 Å². The average Bonchev–Trinajstić information content (AvgIpc) is 3.26. The summed E-state index contributed by atoms with van der Waals surface area (Å²) in [4.78, 5) is 0. The molecule has 8 rings (SSSR count). The van der Waals surface area contributed by atoms with Gasteiger partial charge in [0.15, 0.2) is 0 Å². The van der Waals surface area contributed by atoms with Gasteiger partial charge >= 0.3 is 0 Å². The van der Waals surface area contributed by atoms with E-state index in [0.29, 0.717) is 0 Å². The van der Waals surface area contributed by atoms with Gasteiger partial charge < -0.3 is 0 Å². The first kappa shape index (κ1) is 24.4. The highest BCUT2D eigenvalue weighted by molar-refractivity contribution is 5.89. The number of aryl methyl sites for hydroxylation is 2. The topological polar surface area (TPSA) is 0 Å². The molecule has 0 radical (unpaired) electrons. The van der Waals surface area contributed by atoms with Gasteiger partial charge in [-0.3, -0.25) is 0 Å². The summed E-state index contributed by atoms with van der Waals surface area (Å²) in [6, 6.07) is 45.8. The first-order valence-electron chi connectivity index (χ1n) is 15.1. The Morgan fingerprint density at radius 1 is 0.415 bits per heavy atom. The van der Waals surface area contributed by atoms with Crippen LogP contribution >= 0.6 is 0 Å². The Balaban J connectivity index is 1.16. The fourth-order valence-corrected chi connectivity index (χ4v) is 7.26. The Kier molecular flexibility index (Phi) is 5.54. The van der Waals surface area contributed by atoms with Crippen LogP contribution in [0.15, 0.2) is 121 Å². The van der Waals surface area contributed by atoms with Crippen molar-refractivity contribution in [3.63, 3.8) is 0 Å². The van der Waals surface area contributed by atoms with Gasteiger partial charge in [0, 0.05) is 5.41 Å². The lowest BCUT2D eigenvalue weighted by molar-refractivity contribution is 0.661. The van der Waals surface area contributed by atoms with Crippen molar-refractivity contribution < 1.29 is 0 Å². The van der Waals surface area contributed by atoms with E-state index < -0.39 is 0 Å². The molecule has 0 fully saturated rings. The van der Waals surface area contributed by atoms with Crippen LogP contribution < -0.4 is 0 Å². The first-order valence-corrected chi connectivity index (χ1v) is 15.1. The standard InChI is InChI=1S/C41H34/c1-41(2)39-25-35(32-13-7-12-31(24-32)33-16-14-27-8-3-5-10-29(27)22-33)18-20-37(39)38-21-19-36(26-40(38)41)34-17-15-28-9-4-6-11-30(28)23-34/h3,5,7-8,10,12-26H,4,6,9,11H2,1-2H3. The molecule has 0 aromatic heterocycles. The largest absolute Gasteiger partial charge is 0.0616 e. The summed E-state index contributed by atoms with van der Waals surface area (Å²) in [5, 5.41) is 2.56. The molecular weight excluding hydrogens is 492 g/mol. The predicted octanol–water partition coefficient (Wildman–Crippen LogP) is 11.0. The van der Waals surface area contributed by atoms with E-state index in [2.05, 4.69) is 135 Å². The molecule has 6 aromatic carbocycles. The van der Waals surface area contributed by atoms with Crippen LogP contribution in [0.1, 0.15) is 48.9 Å². The summed E-state index contributed by atoms with van der Waals surface area (Å²) in [6.45, 7) is 4.78. The summed E-state index contributed by atoms with van der Waals surface area (Å²) in [5.41, 5.74) is 16.4. The average molecular weight is 527 g/mol. The third-order valence-corrected chi connectivity index (χ3v) is 9.64. The Morgan fingerprint density at radius 2 is 0.951 bits per heavy atom. The number of hydrogen-bond acceptors (Lipinski definition) is 0. The highest BCUT2D eigenvalue weighted by Crippen LogP contribution is 2.50. The molecule has 0 amide bonds. The summed E-state index contributed by atoms with van der Waals surface area (Å²) >= 11 is 0. The van der Waals surface area contributed by atoms with E-state index in [0.717, 1.165) is 0 Å². The van der Waals surface area contributed by atoms with E-state index >= 15 is 0 Å². The van der Waals surface area contributed by atoms with Crippen molar-refractivity contribution in [3.8, 4) is 44.5 Å². The lowest BCUT2D eigenvalue weighted by Crippen LogP contribution is -2.15. The van der Waals surface area contributed by atoms with Crippen LogP contribution in [0, 0.1) is 0 Å². The van der Waals surface area contributed by atoms with Crippen LogP contribution in [0.25, 0.3) is 55.3 Å². The van der Waals surface area contributed by atoms with E-state index in [-0.39, 0.29) is 5.41 Å². The zero-order chi connectivity index (χ0) is 27.6. The second-order valence-electron chi connectivity index (χ2n) is 12.5. The minimum absolute atomic E-state index is 0.0547. The minimum atomic E-state index is -0.0547. The highest BCUT2D eigenvalue weighted by atomic mass is 14.4. The molecule has 0 spiro atoms. The molecule has 6 aromatic rings. The van der Waals surface area contributed by atoms with Gasteiger partial charge in [-0.2, -0.15) is 0 Å². The summed E-state index contributed by atoms with van der Waals surface area (Å²) in [5.74, 6) is 0. The monoisotopic (exact) mass is 526 g/mol. The lowest BCUT2D eigenvalue weighted by atomic mass is 9.80. The van der Waals surface area contributed by atoms with E-state index in [9.17, 15) is 0 Å². The van der Waals surface area contributed by atoms with Crippen molar-refractivity contribution in [1.82, 2.24) is 0 Å². The Bertz CT molecular complexity index is 1970. The van der Waals surface area contributed by atoms with Crippen molar-refractivity contribution in [3.05, 3.63) is 144 Å². The molecule has 2 aliphatic carbocycles. The smallest absolute Gasteiger partial charge is 0.0159 e. The molecule has 0 heteroatoms. The molecule has 0 heterocycles. The van der Waals surface area contributed by atoms with Gasteiger partial charge in [0.25, 0.3) is 0 Å². The first-order chi connectivity index (χ1) is 20.0. The van der Waals surface area contributed by atoms with Crippen molar-refractivity contribution in [2.75, 3.05) is 0 Å². The maximum atomic E-state index is 2.46. The fraction of sp³-hybridized carbons (Fsp3) is 0.171. The van der Waals surface area contributed by atoms with Gasteiger partial charge in [0.1, 0.15) is 0 Å². The molecule has 0 N–H and O–H groups in total. The Labute approximate surface area is 243 Å². The lowest BCUT2D eigenvalue weighted by Gasteiger charge is -2.23. The van der Waals surface area contributed by atoms with Crippen LogP contribution in [-0.4, -0.2) is 0 Å². The molecule has 0 aliphatic heterocycles.